The van der Waals surface area contributed by atoms with Gasteiger partial charge in [-0.25, -0.2) is 12.8 Å². The van der Waals surface area contributed by atoms with Crippen molar-refractivity contribution in [3.8, 4) is 0 Å². The topological polar surface area (TPSA) is 86.8 Å². The van der Waals surface area contributed by atoms with Gasteiger partial charge >= 0.3 is 0 Å². The fraction of sp³-hybridized carbons (Fsp3) is 0.333. The molecule has 0 aliphatic heterocycles. The number of amides is 2. The number of carbonyl (C=O) groups is 2. The van der Waals surface area contributed by atoms with Crippen molar-refractivity contribution in [1.82, 2.24) is 10.2 Å². The first-order valence-corrected chi connectivity index (χ1v) is 15.5. The van der Waals surface area contributed by atoms with Crippen molar-refractivity contribution in [1.29, 1.82) is 0 Å². The van der Waals surface area contributed by atoms with Crippen molar-refractivity contribution >= 4 is 50.7 Å². The molecular formula is C30H34Cl2FN3O4S. The van der Waals surface area contributed by atoms with Gasteiger partial charge in [-0.3, -0.25) is 13.9 Å². The molecule has 0 heterocycles. The molecule has 3 aromatic carbocycles. The van der Waals surface area contributed by atoms with Gasteiger partial charge in [-0.05, 0) is 74.7 Å². The summed E-state index contributed by atoms with van der Waals surface area (Å²) in [4.78, 5) is 28.7. The Morgan fingerprint density at radius 3 is 2.17 bits per heavy atom. The minimum atomic E-state index is -4.30. The van der Waals surface area contributed by atoms with E-state index in [4.69, 9.17) is 23.2 Å². The van der Waals surface area contributed by atoms with Crippen LogP contribution < -0.4 is 9.62 Å². The van der Waals surface area contributed by atoms with E-state index in [9.17, 15) is 22.4 Å². The number of nitrogens with one attached hydrogen (secondary N) is 1. The highest BCUT2D eigenvalue weighted by Gasteiger charge is 2.34. The lowest BCUT2D eigenvalue weighted by atomic mass is 10.1. The summed E-state index contributed by atoms with van der Waals surface area (Å²) in [5, 5.41) is 3.21. The normalized spacial score (nSPS) is 12.9. The van der Waals surface area contributed by atoms with Crippen molar-refractivity contribution < 1.29 is 22.4 Å². The average Bonchev–Trinajstić information content (AvgIpc) is 2.94. The molecule has 0 saturated carbocycles. The van der Waals surface area contributed by atoms with Crippen LogP contribution in [0.4, 0.5) is 10.1 Å². The molecular weight excluding hydrogens is 588 g/mol. The van der Waals surface area contributed by atoms with Crippen LogP contribution in [0.15, 0.2) is 71.6 Å². The molecule has 0 bridgehead atoms. The Kier molecular flexibility index (Phi) is 11.2. The molecule has 0 unspecified atom stereocenters. The van der Waals surface area contributed by atoms with Gasteiger partial charge in [0.1, 0.15) is 18.4 Å². The zero-order valence-corrected chi connectivity index (χ0v) is 25.7. The summed E-state index contributed by atoms with van der Waals surface area (Å²) in [6.45, 7) is 6.66. The number of hydrogen-bond acceptors (Lipinski definition) is 4. The minimum absolute atomic E-state index is 0.0203. The smallest absolute Gasteiger partial charge is 0.264 e. The van der Waals surface area contributed by atoms with E-state index in [1.54, 1.807) is 19.1 Å². The Hall–Kier alpha value is -3.14. The maximum absolute atomic E-state index is 14.1. The number of aryl methyl sites for hydroxylation is 1. The van der Waals surface area contributed by atoms with Gasteiger partial charge in [0.25, 0.3) is 10.0 Å². The highest BCUT2D eigenvalue weighted by atomic mass is 35.5. The Bertz CT molecular complexity index is 1470. The summed E-state index contributed by atoms with van der Waals surface area (Å²) in [6, 6.07) is 15.0. The van der Waals surface area contributed by atoms with Crippen molar-refractivity contribution in [3.05, 3.63) is 93.7 Å². The van der Waals surface area contributed by atoms with Gasteiger partial charge in [0, 0.05) is 17.6 Å². The van der Waals surface area contributed by atoms with Crippen LogP contribution in [0, 0.1) is 12.7 Å². The number of hydrogen-bond donors (Lipinski definition) is 1. The molecule has 220 valence electrons. The summed E-state index contributed by atoms with van der Waals surface area (Å²) in [7, 11) is -4.30. The quantitative estimate of drug-likeness (QED) is 0.255. The summed E-state index contributed by atoms with van der Waals surface area (Å²) >= 11 is 12.7. The first kappa shape index (κ1) is 32.4. The molecule has 0 aliphatic rings. The SMILES string of the molecule is CC[C@H](C)NC(=O)[C@H](CC)N(Cc1ccc(F)cc1)C(=O)CN(c1cc(Cl)ccc1Cl)S(=O)(=O)c1ccc(C)cc1. The lowest BCUT2D eigenvalue weighted by molar-refractivity contribution is -0.140. The van der Waals surface area contributed by atoms with E-state index >= 15 is 0 Å². The summed E-state index contributed by atoms with van der Waals surface area (Å²) in [5.74, 6) is -1.46. The third-order valence-corrected chi connectivity index (χ3v) is 9.05. The second-order valence-electron chi connectivity index (χ2n) is 9.81. The molecule has 2 amide bonds. The predicted molar refractivity (Wildman–Crippen MR) is 161 cm³/mol. The maximum atomic E-state index is 14.1. The monoisotopic (exact) mass is 621 g/mol. The van der Waals surface area contributed by atoms with E-state index in [0.717, 1.165) is 9.87 Å². The number of benzene rings is 3. The molecule has 3 rings (SSSR count). The second kappa shape index (κ2) is 14.2. The van der Waals surface area contributed by atoms with Crippen LogP contribution in [0.25, 0.3) is 0 Å². The van der Waals surface area contributed by atoms with Crippen molar-refractivity contribution in [2.75, 3.05) is 10.8 Å². The zero-order chi connectivity index (χ0) is 30.3. The Balaban J connectivity index is 2.10. The molecule has 1 N–H and O–H groups in total. The first-order chi connectivity index (χ1) is 19.4. The highest BCUT2D eigenvalue weighted by molar-refractivity contribution is 7.92. The van der Waals surface area contributed by atoms with Crippen LogP contribution in [-0.4, -0.2) is 43.8 Å². The number of carbonyl (C=O) groups excluding carboxylic acids is 2. The summed E-state index contributed by atoms with van der Waals surface area (Å²) in [5.41, 5.74) is 1.45. The van der Waals surface area contributed by atoms with E-state index in [2.05, 4.69) is 5.32 Å². The third kappa shape index (κ3) is 8.21. The molecule has 11 heteroatoms. The fourth-order valence-corrected chi connectivity index (χ4v) is 6.04. The standard InChI is InChI=1S/C30H34Cl2FN3O4S/c1-5-21(4)34-30(38)27(6-2)35(18-22-9-12-24(33)13-10-22)29(37)19-36(28-17-23(31)11-16-26(28)32)41(39,40)25-14-7-20(3)8-15-25/h7-17,21,27H,5-6,18-19H2,1-4H3,(H,34,38)/t21-,27-/m0/s1. The van der Waals surface area contributed by atoms with Crippen LogP contribution in [0.3, 0.4) is 0 Å². The highest BCUT2D eigenvalue weighted by Crippen LogP contribution is 2.33. The molecule has 0 radical (unpaired) electrons. The average molecular weight is 623 g/mol. The van der Waals surface area contributed by atoms with Gasteiger partial charge in [-0.1, -0.05) is 66.9 Å². The molecule has 3 aromatic rings. The van der Waals surface area contributed by atoms with Gasteiger partial charge < -0.3 is 10.2 Å². The van der Waals surface area contributed by atoms with Gasteiger partial charge in [0.15, 0.2) is 0 Å². The van der Waals surface area contributed by atoms with Gasteiger partial charge in [0.2, 0.25) is 11.8 Å². The summed E-state index contributed by atoms with van der Waals surface area (Å²) in [6.07, 6.45) is 0.946. The molecule has 41 heavy (non-hydrogen) atoms. The number of sulfonamides is 1. The molecule has 0 saturated heterocycles. The Morgan fingerprint density at radius 1 is 0.951 bits per heavy atom. The second-order valence-corrected chi connectivity index (χ2v) is 12.5. The molecule has 2 atom stereocenters. The van der Waals surface area contributed by atoms with Crippen LogP contribution in [0.5, 0.6) is 0 Å². The van der Waals surface area contributed by atoms with E-state index in [0.29, 0.717) is 12.0 Å². The van der Waals surface area contributed by atoms with Crippen molar-refractivity contribution in [3.63, 3.8) is 0 Å². The predicted octanol–water partition coefficient (Wildman–Crippen LogP) is 6.36. The Morgan fingerprint density at radius 2 is 1.59 bits per heavy atom. The van der Waals surface area contributed by atoms with E-state index < -0.39 is 34.3 Å². The molecule has 0 aliphatic carbocycles. The molecule has 0 spiro atoms. The number of halogens is 3. The zero-order valence-electron chi connectivity index (χ0n) is 23.4. The minimum Gasteiger partial charge on any atom is -0.352 e. The molecule has 7 nitrogen and oxygen atoms in total. The summed E-state index contributed by atoms with van der Waals surface area (Å²) < 4.78 is 42.4. The van der Waals surface area contributed by atoms with Crippen LogP contribution >= 0.6 is 23.2 Å². The van der Waals surface area contributed by atoms with E-state index in [1.165, 1.54) is 59.5 Å². The van der Waals surface area contributed by atoms with Gasteiger partial charge in [0.05, 0.1) is 15.6 Å². The number of nitrogens with zero attached hydrogens (tertiary/aromatic N) is 2. The lowest BCUT2D eigenvalue weighted by Crippen LogP contribution is -2.53. The largest absolute Gasteiger partial charge is 0.352 e. The van der Waals surface area contributed by atoms with Crippen LogP contribution in [0.2, 0.25) is 10.0 Å². The maximum Gasteiger partial charge on any atom is 0.264 e. The number of anilines is 1. The van der Waals surface area contributed by atoms with Crippen LogP contribution in [0.1, 0.15) is 44.7 Å². The van der Waals surface area contributed by atoms with Gasteiger partial charge in [-0.15, -0.1) is 0 Å². The third-order valence-electron chi connectivity index (χ3n) is 6.72. The van der Waals surface area contributed by atoms with Crippen LogP contribution in [-0.2, 0) is 26.2 Å². The van der Waals surface area contributed by atoms with Crippen molar-refractivity contribution in [2.24, 2.45) is 0 Å². The Labute approximate surface area is 251 Å². The van der Waals surface area contributed by atoms with Gasteiger partial charge in [-0.2, -0.15) is 0 Å². The lowest BCUT2D eigenvalue weighted by Gasteiger charge is -2.34. The molecule has 0 aromatic heterocycles. The number of rotatable bonds is 12. The van der Waals surface area contributed by atoms with Crippen molar-refractivity contribution in [2.45, 2.75) is 64.1 Å². The fourth-order valence-electron chi connectivity index (χ4n) is 4.17. The molecule has 0 fully saturated rings. The van der Waals surface area contributed by atoms with E-state index in [1.807, 2.05) is 20.8 Å². The first-order valence-electron chi connectivity index (χ1n) is 13.3. The van der Waals surface area contributed by atoms with E-state index in [-0.39, 0.29) is 45.5 Å².